The Hall–Kier alpha value is -4.11. The Bertz CT molecular complexity index is 1550. The van der Waals surface area contributed by atoms with Gasteiger partial charge in [-0.1, -0.05) is 34.5 Å². The number of nitrogens with two attached hydrogens (primary N) is 1. The monoisotopic (exact) mass is 602 g/mol. The van der Waals surface area contributed by atoms with E-state index in [0.717, 1.165) is 26.2 Å². The third-order valence-electron chi connectivity index (χ3n) is 6.42. The van der Waals surface area contributed by atoms with Crippen LogP contribution in [0, 0.1) is 5.82 Å². The highest BCUT2D eigenvalue weighted by atomic mass is 35.5. The van der Waals surface area contributed by atoms with Gasteiger partial charge in [-0.3, -0.25) is 9.69 Å². The quantitative estimate of drug-likeness (QED) is 0.216. The molecule has 41 heavy (non-hydrogen) atoms. The maximum atomic E-state index is 14.2. The third kappa shape index (κ3) is 6.62. The molecule has 3 heterocycles. The van der Waals surface area contributed by atoms with Crippen molar-refractivity contribution in [2.24, 2.45) is 5.10 Å². The summed E-state index contributed by atoms with van der Waals surface area (Å²) >= 11 is 12.3. The molecule has 0 radical (unpaired) electrons. The van der Waals surface area contributed by atoms with Crippen molar-refractivity contribution in [2.75, 3.05) is 39.0 Å². The molecule has 13 nitrogen and oxygen atoms in total. The summed E-state index contributed by atoms with van der Waals surface area (Å²) in [6, 6.07) is 9.19. The zero-order valence-electron chi connectivity index (χ0n) is 21.8. The number of nitrogen functional groups attached to an aromatic ring is 1. The third-order valence-corrected chi connectivity index (χ3v) is 7.01. The number of aromatic nitrogens is 5. The Morgan fingerprint density at radius 2 is 2.02 bits per heavy atom. The number of carbonyl (C=O) groups is 1. The number of piperazine rings is 1. The molecular formula is C25H25Cl2FN10O3. The number of halogens is 3. The van der Waals surface area contributed by atoms with E-state index in [2.05, 4.69) is 41.0 Å². The maximum Gasteiger partial charge on any atom is 0.293 e. The number of nitrogens with one attached hydrogen (secondary N) is 1. The number of amides is 1. The highest BCUT2D eigenvalue weighted by molar-refractivity contribution is 6.31. The molecule has 1 amide bonds. The molecule has 1 fully saturated rings. The largest absolute Gasteiger partial charge is 0.488 e. The number of anilines is 1. The molecule has 4 aromatic rings. The SMILES string of the molecule is CN1CCN(Cc2c(C(=O)N/N=C/c3cc(Cl)ccc3OCc3c(F)cccc3Cl)nnn2-c2nonc2N)CC1. The molecule has 0 bridgehead atoms. The number of nitrogens with zero attached hydrogens (tertiary/aromatic N) is 8. The van der Waals surface area contributed by atoms with Gasteiger partial charge in [0.15, 0.2) is 5.69 Å². The van der Waals surface area contributed by atoms with Gasteiger partial charge in [-0.15, -0.1) is 5.10 Å². The fraction of sp³-hybridized carbons (Fsp3) is 0.280. The highest BCUT2D eigenvalue weighted by Crippen LogP contribution is 2.25. The van der Waals surface area contributed by atoms with Gasteiger partial charge in [0, 0.05) is 48.9 Å². The molecule has 2 aromatic carbocycles. The minimum Gasteiger partial charge on any atom is -0.488 e. The van der Waals surface area contributed by atoms with Crippen molar-refractivity contribution in [1.29, 1.82) is 0 Å². The number of hydrazone groups is 1. The molecule has 5 rings (SSSR count). The van der Waals surface area contributed by atoms with Crippen LogP contribution in [0.2, 0.25) is 10.0 Å². The first-order valence-corrected chi connectivity index (χ1v) is 13.2. The van der Waals surface area contributed by atoms with E-state index in [1.165, 1.54) is 23.0 Å². The topological polar surface area (TPSA) is 153 Å². The maximum absolute atomic E-state index is 14.2. The molecule has 1 aliphatic rings. The fourth-order valence-electron chi connectivity index (χ4n) is 4.13. The van der Waals surface area contributed by atoms with E-state index in [0.29, 0.717) is 28.6 Å². The predicted molar refractivity (Wildman–Crippen MR) is 149 cm³/mol. The molecular weight excluding hydrogens is 578 g/mol. The Morgan fingerprint density at radius 1 is 1.22 bits per heavy atom. The van der Waals surface area contributed by atoms with E-state index in [1.807, 2.05) is 7.05 Å². The Morgan fingerprint density at radius 3 is 2.76 bits per heavy atom. The summed E-state index contributed by atoms with van der Waals surface area (Å²) in [7, 11) is 2.05. The molecule has 0 saturated carbocycles. The Kier molecular flexibility index (Phi) is 8.73. The Labute approximate surface area is 243 Å². The van der Waals surface area contributed by atoms with Gasteiger partial charge < -0.3 is 15.4 Å². The average Bonchev–Trinajstić information content (AvgIpc) is 3.56. The fourth-order valence-corrected chi connectivity index (χ4v) is 4.53. The van der Waals surface area contributed by atoms with Gasteiger partial charge in [0.05, 0.1) is 16.9 Å². The van der Waals surface area contributed by atoms with Gasteiger partial charge >= 0.3 is 0 Å². The lowest BCUT2D eigenvalue weighted by Gasteiger charge is -2.32. The predicted octanol–water partition coefficient (Wildman–Crippen LogP) is 2.77. The zero-order valence-corrected chi connectivity index (χ0v) is 23.3. The number of hydrogen-bond donors (Lipinski definition) is 2. The van der Waals surface area contributed by atoms with Crippen LogP contribution in [0.1, 0.15) is 27.3 Å². The smallest absolute Gasteiger partial charge is 0.293 e. The molecule has 0 aliphatic carbocycles. The molecule has 1 saturated heterocycles. The van der Waals surface area contributed by atoms with Crippen LogP contribution >= 0.6 is 23.2 Å². The van der Waals surface area contributed by atoms with E-state index < -0.39 is 11.7 Å². The van der Waals surface area contributed by atoms with Gasteiger partial charge in [-0.05, 0) is 47.7 Å². The molecule has 16 heteroatoms. The molecule has 0 atom stereocenters. The number of benzene rings is 2. The molecule has 3 N–H and O–H groups in total. The van der Waals surface area contributed by atoms with Crippen molar-refractivity contribution in [1.82, 2.24) is 40.5 Å². The van der Waals surface area contributed by atoms with E-state index >= 15 is 0 Å². The van der Waals surface area contributed by atoms with E-state index in [9.17, 15) is 9.18 Å². The van der Waals surface area contributed by atoms with Crippen LogP contribution in [0.5, 0.6) is 5.75 Å². The average molecular weight is 603 g/mol. The first-order valence-electron chi connectivity index (χ1n) is 12.4. The minimum absolute atomic E-state index is 0.00432. The summed E-state index contributed by atoms with van der Waals surface area (Å²) in [4.78, 5) is 17.6. The van der Waals surface area contributed by atoms with Crippen LogP contribution in [0.25, 0.3) is 5.82 Å². The Balaban J connectivity index is 1.34. The standard InChI is InChI=1S/C25H25Cl2FN10O3/c1-36-7-9-37(10-8-36)13-20-22(31-35-38(20)24-23(29)33-41-34-24)25(39)32-30-12-15-11-16(26)5-6-21(15)40-14-17-18(27)3-2-4-19(17)28/h2-6,11-12H,7-10,13-14H2,1H3,(H2,29,33)(H,32,39)/b30-12+. The first kappa shape index (κ1) is 28.4. The van der Waals surface area contributed by atoms with E-state index in [-0.39, 0.29) is 34.5 Å². The molecule has 214 valence electrons. The van der Waals surface area contributed by atoms with Gasteiger partial charge in [-0.2, -0.15) is 9.78 Å². The number of rotatable bonds is 9. The van der Waals surface area contributed by atoms with E-state index in [1.54, 1.807) is 24.3 Å². The van der Waals surface area contributed by atoms with Crippen molar-refractivity contribution < 1.29 is 18.6 Å². The lowest BCUT2D eigenvalue weighted by Crippen LogP contribution is -2.44. The second-order valence-electron chi connectivity index (χ2n) is 9.22. The first-order chi connectivity index (χ1) is 19.8. The lowest BCUT2D eigenvalue weighted by molar-refractivity contribution is 0.0946. The molecule has 0 unspecified atom stereocenters. The summed E-state index contributed by atoms with van der Waals surface area (Å²) in [5.41, 5.74) is 9.45. The van der Waals surface area contributed by atoms with Crippen LogP contribution < -0.4 is 15.9 Å². The summed E-state index contributed by atoms with van der Waals surface area (Å²) in [5.74, 6) is -0.626. The zero-order chi connectivity index (χ0) is 28.9. The van der Waals surface area contributed by atoms with Crippen LogP contribution in [-0.2, 0) is 13.2 Å². The lowest BCUT2D eigenvalue weighted by atomic mass is 10.2. The van der Waals surface area contributed by atoms with Crippen molar-refractivity contribution in [2.45, 2.75) is 13.2 Å². The summed E-state index contributed by atoms with van der Waals surface area (Å²) in [6.45, 7) is 3.53. The molecule has 1 aliphatic heterocycles. The second kappa shape index (κ2) is 12.6. The highest BCUT2D eigenvalue weighted by Gasteiger charge is 2.26. The van der Waals surface area contributed by atoms with Crippen LogP contribution in [-0.4, -0.2) is 80.5 Å². The van der Waals surface area contributed by atoms with Crippen LogP contribution in [0.4, 0.5) is 10.2 Å². The summed E-state index contributed by atoms with van der Waals surface area (Å²) in [5, 5.41) is 20.2. The summed E-state index contributed by atoms with van der Waals surface area (Å²) < 4.78 is 26.0. The van der Waals surface area contributed by atoms with Crippen molar-refractivity contribution >= 4 is 41.1 Å². The normalized spacial score (nSPS) is 14.5. The molecule has 2 aromatic heterocycles. The molecule has 0 spiro atoms. The van der Waals surface area contributed by atoms with Crippen LogP contribution in [0.3, 0.4) is 0 Å². The van der Waals surface area contributed by atoms with Crippen molar-refractivity contribution in [3.63, 3.8) is 0 Å². The number of carbonyl (C=O) groups excluding carboxylic acids is 1. The van der Waals surface area contributed by atoms with Crippen molar-refractivity contribution in [3.05, 3.63) is 74.8 Å². The van der Waals surface area contributed by atoms with Gasteiger partial charge in [0.1, 0.15) is 18.2 Å². The van der Waals surface area contributed by atoms with Gasteiger partial charge in [-0.25, -0.2) is 14.4 Å². The second-order valence-corrected chi connectivity index (χ2v) is 10.1. The van der Waals surface area contributed by atoms with Gasteiger partial charge in [0.25, 0.3) is 5.91 Å². The number of hydrogen-bond acceptors (Lipinski definition) is 11. The van der Waals surface area contributed by atoms with Gasteiger partial charge in [0.2, 0.25) is 11.6 Å². The number of likely N-dealkylation sites (N-methyl/N-ethyl adjacent to an activating group) is 1. The minimum atomic E-state index is -0.616. The van der Waals surface area contributed by atoms with E-state index in [4.69, 9.17) is 38.3 Å². The number of ether oxygens (including phenoxy) is 1. The summed E-state index contributed by atoms with van der Waals surface area (Å²) in [6.07, 6.45) is 1.35. The van der Waals surface area contributed by atoms with Crippen LogP contribution in [0.15, 0.2) is 46.1 Å². The van der Waals surface area contributed by atoms with Crippen molar-refractivity contribution in [3.8, 4) is 11.6 Å².